The number of aliphatic hydroxyl groups is 1. The molecule has 28 heavy (non-hydrogen) atoms. The molecule has 0 aromatic heterocycles. The second-order valence-electron chi connectivity index (χ2n) is 6.52. The summed E-state index contributed by atoms with van der Waals surface area (Å²) in [5.41, 5.74) is 1.19. The van der Waals surface area contributed by atoms with Gasteiger partial charge in [-0.15, -0.1) is 0 Å². The smallest absolute Gasteiger partial charge is 0.265 e. The lowest BCUT2D eigenvalue weighted by atomic mass is 9.97. The molecule has 0 spiro atoms. The fraction of sp³-hybridized carbons (Fsp3) is 0.250. The van der Waals surface area contributed by atoms with Crippen molar-refractivity contribution in [3.8, 4) is 5.75 Å². The molecule has 7 nitrogen and oxygen atoms in total. The van der Waals surface area contributed by atoms with Crippen molar-refractivity contribution in [2.24, 2.45) is 0 Å². The number of Topliss-reactive ketones (excluding diaryl/α,β-unsaturated/α-hetero) is 1. The summed E-state index contributed by atoms with van der Waals surface area (Å²) in [5.74, 6) is 0.537. The quantitative estimate of drug-likeness (QED) is 0.843. The van der Waals surface area contributed by atoms with E-state index in [-0.39, 0.29) is 41.8 Å². The highest BCUT2D eigenvalue weighted by Crippen LogP contribution is 2.44. The Morgan fingerprint density at radius 2 is 2.00 bits per heavy atom. The van der Waals surface area contributed by atoms with Crippen molar-refractivity contribution in [2.45, 2.75) is 17.4 Å². The average Bonchev–Trinajstić information content (AvgIpc) is 2.70. The molecule has 0 saturated carbocycles. The Labute approximate surface area is 162 Å². The van der Waals surface area contributed by atoms with Gasteiger partial charge in [0.2, 0.25) is 0 Å². The molecule has 0 aliphatic carbocycles. The van der Waals surface area contributed by atoms with Crippen molar-refractivity contribution < 1.29 is 27.8 Å². The van der Waals surface area contributed by atoms with Crippen LogP contribution in [-0.4, -0.2) is 43.9 Å². The maximum atomic E-state index is 12.9. The number of hydrogen-bond donors (Lipinski definition) is 1. The van der Waals surface area contributed by atoms with E-state index in [9.17, 15) is 13.2 Å². The fourth-order valence-electron chi connectivity index (χ4n) is 3.44. The first-order valence-electron chi connectivity index (χ1n) is 8.79. The number of nitrogens with zero attached hydrogens (tertiary/aromatic N) is 1. The van der Waals surface area contributed by atoms with Gasteiger partial charge >= 0.3 is 0 Å². The summed E-state index contributed by atoms with van der Waals surface area (Å²) in [4.78, 5) is 13.0. The Balaban J connectivity index is 1.76. The van der Waals surface area contributed by atoms with Crippen LogP contribution in [0.2, 0.25) is 0 Å². The van der Waals surface area contributed by atoms with E-state index in [0.717, 1.165) is 9.87 Å². The van der Waals surface area contributed by atoms with Crippen LogP contribution in [-0.2, 0) is 19.6 Å². The van der Waals surface area contributed by atoms with E-state index < -0.39 is 16.1 Å². The summed E-state index contributed by atoms with van der Waals surface area (Å²) in [6, 6.07) is 13.6. The minimum absolute atomic E-state index is 0.0182. The van der Waals surface area contributed by atoms with Gasteiger partial charge < -0.3 is 14.6 Å². The number of likely N-dealkylation sites (N-methyl/N-ethyl adjacent to an activating group) is 1. The molecule has 0 radical (unpaired) electrons. The average molecular weight is 401 g/mol. The van der Waals surface area contributed by atoms with Crippen LogP contribution in [0.3, 0.4) is 0 Å². The molecule has 2 aromatic carbocycles. The van der Waals surface area contributed by atoms with Crippen molar-refractivity contribution in [1.82, 2.24) is 4.31 Å². The molecular weight excluding hydrogens is 382 g/mol. The molecule has 1 atom stereocenters. The molecule has 2 heterocycles. The van der Waals surface area contributed by atoms with Crippen LogP contribution in [0.25, 0.3) is 5.76 Å². The van der Waals surface area contributed by atoms with Gasteiger partial charge in [0.15, 0.2) is 11.5 Å². The standard InChI is InChI=1S/C20H19NO6S/c1-21-19-16(23)12-17(13-5-4-6-14(11-13)26-10-9-22)27-20(19)15-7-2-3-8-18(15)28(21,24)25/h2-8,11,17,22H,9-10,12H2,1H3. The number of allylic oxidation sites excluding steroid dienone is 1. The number of ether oxygens (including phenoxy) is 2. The molecule has 1 N–H and O–H groups in total. The molecular formula is C20H19NO6S. The summed E-state index contributed by atoms with van der Waals surface area (Å²) in [6.45, 7) is 0.0652. The first-order valence-corrected chi connectivity index (χ1v) is 10.2. The van der Waals surface area contributed by atoms with Gasteiger partial charge in [-0.25, -0.2) is 8.42 Å². The summed E-state index contributed by atoms with van der Waals surface area (Å²) in [6.07, 6.45) is -0.546. The number of fused-ring (bicyclic) bond motifs is 2. The zero-order valence-corrected chi connectivity index (χ0v) is 16.0. The fourth-order valence-corrected chi connectivity index (χ4v) is 4.85. The van der Waals surface area contributed by atoms with Crippen molar-refractivity contribution in [2.75, 3.05) is 20.3 Å². The van der Waals surface area contributed by atoms with Crippen LogP contribution >= 0.6 is 0 Å². The molecule has 4 rings (SSSR count). The van der Waals surface area contributed by atoms with Gasteiger partial charge in [0.1, 0.15) is 24.2 Å². The predicted molar refractivity (Wildman–Crippen MR) is 101 cm³/mol. The first kappa shape index (κ1) is 18.5. The van der Waals surface area contributed by atoms with Gasteiger partial charge in [0.25, 0.3) is 10.0 Å². The summed E-state index contributed by atoms with van der Waals surface area (Å²) in [5, 5.41) is 8.92. The zero-order chi connectivity index (χ0) is 19.9. The number of carbonyl (C=O) groups is 1. The topological polar surface area (TPSA) is 93.1 Å². The Kier molecular flexibility index (Phi) is 4.60. The molecule has 0 fully saturated rings. The molecule has 2 aliphatic rings. The molecule has 2 aliphatic heterocycles. The maximum absolute atomic E-state index is 12.9. The van der Waals surface area contributed by atoms with Gasteiger partial charge in [-0.2, -0.15) is 0 Å². The van der Waals surface area contributed by atoms with Gasteiger partial charge in [0, 0.05) is 12.6 Å². The van der Waals surface area contributed by atoms with Gasteiger partial charge in [-0.05, 0) is 29.8 Å². The molecule has 8 heteroatoms. The van der Waals surface area contributed by atoms with Crippen molar-refractivity contribution in [3.63, 3.8) is 0 Å². The molecule has 0 saturated heterocycles. The number of ketones is 1. The largest absolute Gasteiger partial charge is 0.491 e. The van der Waals surface area contributed by atoms with E-state index in [0.29, 0.717) is 11.3 Å². The van der Waals surface area contributed by atoms with E-state index in [2.05, 4.69) is 0 Å². The van der Waals surface area contributed by atoms with Crippen molar-refractivity contribution in [3.05, 3.63) is 65.4 Å². The number of sulfonamides is 1. The maximum Gasteiger partial charge on any atom is 0.265 e. The SMILES string of the molecule is CN1C2=C(OC(c3cccc(OCCO)c3)CC2=O)c2ccccc2S1(=O)=O. The third-order valence-electron chi connectivity index (χ3n) is 4.79. The van der Waals surface area contributed by atoms with E-state index in [1.54, 1.807) is 36.4 Å². The van der Waals surface area contributed by atoms with Crippen LogP contribution in [0, 0.1) is 0 Å². The van der Waals surface area contributed by atoms with E-state index in [1.807, 2.05) is 6.07 Å². The van der Waals surface area contributed by atoms with Crippen LogP contribution in [0.15, 0.2) is 59.1 Å². The van der Waals surface area contributed by atoms with Crippen molar-refractivity contribution in [1.29, 1.82) is 0 Å². The van der Waals surface area contributed by atoms with E-state index in [1.165, 1.54) is 13.1 Å². The number of carbonyl (C=O) groups excluding carboxylic acids is 1. The minimum atomic E-state index is -3.79. The normalized spacial score (nSPS) is 20.3. The third-order valence-corrected chi connectivity index (χ3v) is 6.60. The highest BCUT2D eigenvalue weighted by Gasteiger charge is 2.42. The monoisotopic (exact) mass is 401 g/mol. The summed E-state index contributed by atoms with van der Waals surface area (Å²) >= 11 is 0. The number of aliphatic hydroxyl groups excluding tert-OH is 1. The van der Waals surface area contributed by atoms with Crippen LogP contribution < -0.4 is 4.74 Å². The Bertz CT molecular complexity index is 1080. The lowest BCUT2D eigenvalue weighted by molar-refractivity contribution is -0.119. The van der Waals surface area contributed by atoms with Crippen LogP contribution in [0.4, 0.5) is 0 Å². The molecule has 146 valence electrons. The van der Waals surface area contributed by atoms with Crippen molar-refractivity contribution >= 4 is 21.6 Å². The first-order chi connectivity index (χ1) is 13.4. The third kappa shape index (κ3) is 2.94. The Morgan fingerprint density at radius 3 is 2.79 bits per heavy atom. The Hall–Kier alpha value is -2.84. The molecule has 2 aromatic rings. The predicted octanol–water partition coefficient (Wildman–Crippen LogP) is 2.09. The number of rotatable bonds is 4. The number of hydrogen-bond acceptors (Lipinski definition) is 6. The summed E-state index contributed by atoms with van der Waals surface area (Å²) in [7, 11) is -2.43. The number of benzene rings is 2. The molecule has 0 amide bonds. The van der Waals surface area contributed by atoms with Gasteiger partial charge in [-0.1, -0.05) is 24.3 Å². The lowest BCUT2D eigenvalue weighted by Crippen LogP contribution is -2.38. The highest BCUT2D eigenvalue weighted by molar-refractivity contribution is 7.89. The second-order valence-corrected chi connectivity index (χ2v) is 8.46. The van der Waals surface area contributed by atoms with E-state index in [4.69, 9.17) is 14.6 Å². The van der Waals surface area contributed by atoms with Gasteiger partial charge in [0.05, 0.1) is 17.9 Å². The Morgan fingerprint density at radius 1 is 1.21 bits per heavy atom. The summed E-state index contributed by atoms with van der Waals surface area (Å²) < 4.78 is 38.1. The molecule has 0 bridgehead atoms. The highest BCUT2D eigenvalue weighted by atomic mass is 32.2. The zero-order valence-electron chi connectivity index (χ0n) is 15.2. The minimum Gasteiger partial charge on any atom is -0.491 e. The van der Waals surface area contributed by atoms with Crippen LogP contribution in [0.1, 0.15) is 23.7 Å². The van der Waals surface area contributed by atoms with Gasteiger partial charge in [-0.3, -0.25) is 9.10 Å². The second kappa shape index (κ2) is 6.96. The lowest BCUT2D eigenvalue weighted by Gasteiger charge is -2.36. The van der Waals surface area contributed by atoms with Crippen LogP contribution in [0.5, 0.6) is 5.75 Å². The van der Waals surface area contributed by atoms with E-state index >= 15 is 0 Å². The molecule has 1 unspecified atom stereocenters.